The molecule has 1 N–H and O–H groups in total. The van der Waals surface area contributed by atoms with Crippen LogP contribution in [0.5, 0.6) is 0 Å². The molecular weight excluding hydrogens is 255 g/mol. The highest BCUT2D eigenvalue weighted by molar-refractivity contribution is 5.00. The minimum atomic E-state index is -4.02. The molecule has 6 heteroatoms. The Hall–Kier alpha value is -1.04. The van der Waals surface area contributed by atoms with Crippen LogP contribution < -0.4 is 5.32 Å². The van der Waals surface area contributed by atoms with Gasteiger partial charge in [0.05, 0.1) is 11.6 Å². The van der Waals surface area contributed by atoms with E-state index in [1.165, 1.54) is 0 Å². The SMILES string of the molecule is CCn1nccc1CNC1CCC(C(F)(F)F)CC1. The number of nitrogens with zero attached hydrogens (tertiary/aromatic N) is 2. The smallest absolute Gasteiger partial charge is 0.308 e. The molecule has 2 rings (SSSR count). The third-order valence-corrected chi connectivity index (χ3v) is 3.87. The molecule has 0 amide bonds. The lowest BCUT2D eigenvalue weighted by molar-refractivity contribution is -0.182. The van der Waals surface area contributed by atoms with E-state index < -0.39 is 12.1 Å². The summed E-state index contributed by atoms with van der Waals surface area (Å²) < 4.78 is 39.5. The molecule has 0 aromatic carbocycles. The van der Waals surface area contributed by atoms with Crippen molar-refractivity contribution in [3.05, 3.63) is 18.0 Å². The molecule has 1 aromatic heterocycles. The Morgan fingerprint density at radius 2 is 2.00 bits per heavy atom. The van der Waals surface area contributed by atoms with Gasteiger partial charge in [-0.15, -0.1) is 0 Å². The molecule has 1 aliphatic rings. The van der Waals surface area contributed by atoms with Crippen LogP contribution in [0.3, 0.4) is 0 Å². The predicted octanol–water partition coefficient (Wildman–Crippen LogP) is 3.11. The molecule has 0 bridgehead atoms. The first kappa shape index (κ1) is 14.4. The third-order valence-electron chi connectivity index (χ3n) is 3.87. The van der Waals surface area contributed by atoms with Gasteiger partial charge in [-0.2, -0.15) is 18.3 Å². The normalized spacial score (nSPS) is 24.6. The first-order chi connectivity index (χ1) is 9.00. The quantitative estimate of drug-likeness (QED) is 0.915. The van der Waals surface area contributed by atoms with Crippen LogP contribution in [0, 0.1) is 5.92 Å². The number of nitrogens with one attached hydrogen (secondary N) is 1. The van der Waals surface area contributed by atoms with E-state index >= 15 is 0 Å². The highest BCUT2D eigenvalue weighted by Gasteiger charge is 2.41. The van der Waals surface area contributed by atoms with Crippen molar-refractivity contribution in [2.45, 2.75) is 57.9 Å². The van der Waals surface area contributed by atoms with Gasteiger partial charge in [-0.05, 0) is 38.7 Å². The van der Waals surface area contributed by atoms with E-state index in [4.69, 9.17) is 0 Å². The number of halogens is 3. The van der Waals surface area contributed by atoms with Crippen molar-refractivity contribution >= 4 is 0 Å². The maximum Gasteiger partial charge on any atom is 0.391 e. The van der Waals surface area contributed by atoms with Crippen molar-refractivity contribution in [2.24, 2.45) is 5.92 Å². The average Bonchev–Trinajstić information content (AvgIpc) is 2.83. The fraction of sp³-hybridized carbons (Fsp3) is 0.769. The topological polar surface area (TPSA) is 29.9 Å². The van der Waals surface area contributed by atoms with Gasteiger partial charge in [0.1, 0.15) is 0 Å². The van der Waals surface area contributed by atoms with Crippen LogP contribution in [-0.4, -0.2) is 22.0 Å². The summed E-state index contributed by atoms with van der Waals surface area (Å²) in [5.41, 5.74) is 1.08. The fourth-order valence-electron chi connectivity index (χ4n) is 2.67. The summed E-state index contributed by atoms with van der Waals surface area (Å²) in [5.74, 6) is -1.10. The standard InChI is InChI=1S/C13H20F3N3/c1-2-19-12(7-8-18-19)9-17-11-5-3-10(4-6-11)13(14,15)16/h7-8,10-11,17H,2-6,9H2,1H3. The molecule has 3 nitrogen and oxygen atoms in total. The zero-order valence-electron chi connectivity index (χ0n) is 11.1. The zero-order chi connectivity index (χ0) is 13.9. The van der Waals surface area contributed by atoms with E-state index in [0.29, 0.717) is 19.4 Å². The van der Waals surface area contributed by atoms with Crippen LogP contribution in [-0.2, 0) is 13.1 Å². The molecule has 1 aliphatic carbocycles. The molecule has 1 fully saturated rings. The van der Waals surface area contributed by atoms with E-state index in [0.717, 1.165) is 12.2 Å². The van der Waals surface area contributed by atoms with Crippen LogP contribution in [0.15, 0.2) is 12.3 Å². The van der Waals surface area contributed by atoms with Gasteiger partial charge in [-0.25, -0.2) is 0 Å². The van der Waals surface area contributed by atoms with Gasteiger partial charge < -0.3 is 5.32 Å². The zero-order valence-corrected chi connectivity index (χ0v) is 11.1. The van der Waals surface area contributed by atoms with Gasteiger partial charge in [-0.1, -0.05) is 0 Å². The van der Waals surface area contributed by atoms with E-state index in [9.17, 15) is 13.2 Å². The number of hydrogen-bond acceptors (Lipinski definition) is 2. The van der Waals surface area contributed by atoms with Gasteiger partial charge in [-0.3, -0.25) is 4.68 Å². The minimum Gasteiger partial charge on any atom is -0.308 e. The minimum absolute atomic E-state index is 0.193. The van der Waals surface area contributed by atoms with Crippen molar-refractivity contribution < 1.29 is 13.2 Å². The second kappa shape index (κ2) is 5.94. The molecule has 19 heavy (non-hydrogen) atoms. The van der Waals surface area contributed by atoms with Gasteiger partial charge >= 0.3 is 6.18 Å². The van der Waals surface area contributed by atoms with E-state index in [-0.39, 0.29) is 18.9 Å². The van der Waals surface area contributed by atoms with Crippen LogP contribution in [0.1, 0.15) is 38.3 Å². The number of alkyl halides is 3. The van der Waals surface area contributed by atoms with Crippen LogP contribution in [0.25, 0.3) is 0 Å². The average molecular weight is 275 g/mol. The van der Waals surface area contributed by atoms with Gasteiger partial charge in [0.15, 0.2) is 0 Å². The molecule has 0 unspecified atom stereocenters. The summed E-state index contributed by atoms with van der Waals surface area (Å²) in [6, 6.07) is 2.14. The fourth-order valence-corrected chi connectivity index (χ4v) is 2.67. The van der Waals surface area contributed by atoms with Crippen LogP contribution in [0.2, 0.25) is 0 Å². The Labute approximate surface area is 111 Å². The van der Waals surface area contributed by atoms with Crippen molar-refractivity contribution in [1.82, 2.24) is 15.1 Å². The van der Waals surface area contributed by atoms with E-state index in [1.807, 2.05) is 17.7 Å². The maximum absolute atomic E-state index is 12.5. The molecule has 1 saturated carbocycles. The molecule has 1 aromatic rings. The summed E-state index contributed by atoms with van der Waals surface area (Å²) in [7, 11) is 0. The molecule has 0 atom stereocenters. The van der Waals surface area contributed by atoms with Crippen molar-refractivity contribution in [1.29, 1.82) is 0 Å². The highest BCUT2D eigenvalue weighted by atomic mass is 19.4. The summed E-state index contributed by atoms with van der Waals surface area (Å²) in [6.45, 7) is 3.51. The second-order valence-corrected chi connectivity index (χ2v) is 5.11. The van der Waals surface area contributed by atoms with Crippen LogP contribution in [0.4, 0.5) is 13.2 Å². The number of hydrogen-bond donors (Lipinski definition) is 1. The molecule has 0 saturated heterocycles. The summed E-state index contributed by atoms with van der Waals surface area (Å²) in [4.78, 5) is 0. The third kappa shape index (κ3) is 3.72. The lowest BCUT2D eigenvalue weighted by atomic mass is 9.85. The molecule has 0 aliphatic heterocycles. The highest BCUT2D eigenvalue weighted by Crippen LogP contribution is 2.37. The van der Waals surface area contributed by atoms with Gasteiger partial charge in [0.25, 0.3) is 0 Å². The van der Waals surface area contributed by atoms with Crippen molar-refractivity contribution in [3.63, 3.8) is 0 Å². The largest absolute Gasteiger partial charge is 0.391 e. The Kier molecular flexibility index (Phi) is 4.50. The molecule has 1 heterocycles. The molecule has 108 valence electrons. The first-order valence-electron chi connectivity index (χ1n) is 6.81. The summed E-state index contributed by atoms with van der Waals surface area (Å²) in [5, 5.41) is 7.51. The first-order valence-corrected chi connectivity index (χ1v) is 6.81. The molecule has 0 spiro atoms. The van der Waals surface area contributed by atoms with E-state index in [1.54, 1.807) is 6.20 Å². The lowest BCUT2D eigenvalue weighted by Gasteiger charge is -2.30. The second-order valence-electron chi connectivity index (χ2n) is 5.11. The summed E-state index contributed by atoms with van der Waals surface area (Å²) >= 11 is 0. The number of aryl methyl sites for hydroxylation is 1. The molecule has 0 radical (unpaired) electrons. The Bertz CT molecular complexity index is 392. The lowest BCUT2D eigenvalue weighted by Crippen LogP contribution is -2.37. The molecular formula is C13H20F3N3. The predicted molar refractivity (Wildman–Crippen MR) is 66.5 cm³/mol. The Morgan fingerprint density at radius 1 is 1.32 bits per heavy atom. The maximum atomic E-state index is 12.5. The number of aromatic nitrogens is 2. The van der Waals surface area contributed by atoms with Crippen LogP contribution >= 0.6 is 0 Å². The van der Waals surface area contributed by atoms with Crippen molar-refractivity contribution in [3.8, 4) is 0 Å². The Morgan fingerprint density at radius 3 is 2.58 bits per heavy atom. The summed E-state index contributed by atoms with van der Waals surface area (Å²) in [6.07, 6.45) is -0.579. The van der Waals surface area contributed by atoms with E-state index in [2.05, 4.69) is 10.4 Å². The number of rotatable bonds is 4. The Balaban J connectivity index is 1.77. The van der Waals surface area contributed by atoms with Gasteiger partial charge in [0.2, 0.25) is 0 Å². The van der Waals surface area contributed by atoms with Crippen molar-refractivity contribution in [2.75, 3.05) is 0 Å². The van der Waals surface area contributed by atoms with Gasteiger partial charge in [0, 0.05) is 25.3 Å². The monoisotopic (exact) mass is 275 g/mol.